The van der Waals surface area contributed by atoms with Gasteiger partial charge in [0.05, 0.1) is 6.10 Å². The lowest BCUT2D eigenvalue weighted by Crippen LogP contribution is -2.39. The molecule has 2 saturated heterocycles. The summed E-state index contributed by atoms with van der Waals surface area (Å²) in [6.45, 7) is 7.23. The fourth-order valence-corrected chi connectivity index (χ4v) is 3.33. The minimum Gasteiger partial charge on any atom is -0.376 e. The van der Waals surface area contributed by atoms with E-state index in [2.05, 4.69) is 22.2 Å². The zero-order valence-electron chi connectivity index (χ0n) is 14.0. The minimum atomic E-state index is 0.0159. The molecule has 1 N–H and O–H groups in total. The van der Waals surface area contributed by atoms with Crippen LogP contribution in [0, 0.1) is 12.8 Å². The zero-order valence-corrected chi connectivity index (χ0v) is 14.0. The van der Waals surface area contributed by atoms with E-state index < -0.39 is 0 Å². The number of likely N-dealkylation sites (tertiary alicyclic amines) is 1. The Morgan fingerprint density at radius 1 is 1.39 bits per heavy atom. The van der Waals surface area contributed by atoms with Gasteiger partial charge in [0, 0.05) is 32.3 Å². The molecule has 0 aromatic carbocycles. The van der Waals surface area contributed by atoms with Gasteiger partial charge in [0.15, 0.2) is 0 Å². The van der Waals surface area contributed by atoms with Crippen LogP contribution in [-0.4, -0.2) is 53.1 Å². The van der Waals surface area contributed by atoms with Crippen molar-refractivity contribution in [1.29, 1.82) is 0 Å². The summed E-state index contributed by atoms with van der Waals surface area (Å²) in [6, 6.07) is 1.77. The molecule has 2 atom stereocenters. The van der Waals surface area contributed by atoms with Crippen LogP contribution in [0.2, 0.25) is 0 Å². The van der Waals surface area contributed by atoms with Crippen LogP contribution in [0.1, 0.15) is 48.9 Å². The molecule has 2 unspecified atom stereocenters. The van der Waals surface area contributed by atoms with Crippen molar-refractivity contribution in [1.82, 2.24) is 14.9 Å². The molecular weight excluding hydrogens is 292 g/mol. The number of carbonyl (C=O) groups is 1. The Labute approximate surface area is 137 Å². The maximum absolute atomic E-state index is 12.7. The van der Waals surface area contributed by atoms with Crippen molar-refractivity contribution in [3.63, 3.8) is 0 Å². The second-order valence-electron chi connectivity index (χ2n) is 6.70. The van der Waals surface area contributed by atoms with Crippen LogP contribution >= 0.6 is 0 Å². The number of aromatic nitrogens is 2. The smallest absolute Gasteiger partial charge is 0.272 e. The molecule has 0 spiro atoms. The predicted octanol–water partition coefficient (Wildman–Crippen LogP) is 2.25. The Kier molecular flexibility index (Phi) is 5.10. The molecule has 1 aromatic rings. The van der Waals surface area contributed by atoms with Gasteiger partial charge in [-0.05, 0) is 38.5 Å². The summed E-state index contributed by atoms with van der Waals surface area (Å²) >= 11 is 0. The van der Waals surface area contributed by atoms with E-state index in [1.807, 2.05) is 11.8 Å². The second kappa shape index (κ2) is 7.25. The van der Waals surface area contributed by atoms with Gasteiger partial charge in [0.1, 0.15) is 17.3 Å². The molecule has 0 radical (unpaired) electrons. The molecule has 2 fully saturated rings. The van der Waals surface area contributed by atoms with Crippen LogP contribution in [0.5, 0.6) is 0 Å². The number of anilines is 1. The summed E-state index contributed by atoms with van der Waals surface area (Å²) in [6.07, 6.45) is 4.70. The Bertz CT molecular complexity index is 558. The molecule has 0 aliphatic carbocycles. The Hall–Kier alpha value is -1.69. The standard InChI is InChI=1S/C17H26N4O2/c1-12-5-3-7-21(11-12)17(22)15-9-16(20-13(2)19-15)18-10-14-6-4-8-23-14/h9,12,14H,3-8,10-11H2,1-2H3,(H,18,19,20). The molecule has 6 heteroatoms. The third-order valence-electron chi connectivity index (χ3n) is 4.54. The first kappa shape index (κ1) is 16.2. The van der Waals surface area contributed by atoms with Crippen LogP contribution in [0.25, 0.3) is 0 Å². The number of carbonyl (C=O) groups excluding carboxylic acids is 1. The molecule has 23 heavy (non-hydrogen) atoms. The highest BCUT2D eigenvalue weighted by Crippen LogP contribution is 2.19. The average molecular weight is 318 g/mol. The Morgan fingerprint density at radius 2 is 2.26 bits per heavy atom. The first-order valence-corrected chi connectivity index (χ1v) is 8.62. The van der Waals surface area contributed by atoms with Crippen molar-refractivity contribution in [3.05, 3.63) is 17.6 Å². The SMILES string of the molecule is Cc1nc(NCC2CCCO2)cc(C(=O)N2CCCC(C)C2)n1. The van der Waals surface area contributed by atoms with Gasteiger partial charge in [-0.25, -0.2) is 9.97 Å². The number of nitrogens with zero attached hydrogens (tertiary/aromatic N) is 3. The fraction of sp³-hybridized carbons (Fsp3) is 0.706. The summed E-state index contributed by atoms with van der Waals surface area (Å²) in [5.74, 6) is 1.91. The van der Waals surface area contributed by atoms with E-state index in [1.165, 1.54) is 6.42 Å². The minimum absolute atomic E-state index is 0.0159. The Morgan fingerprint density at radius 3 is 3.00 bits per heavy atom. The van der Waals surface area contributed by atoms with Gasteiger partial charge in [-0.2, -0.15) is 0 Å². The van der Waals surface area contributed by atoms with E-state index >= 15 is 0 Å². The summed E-state index contributed by atoms with van der Waals surface area (Å²) in [5, 5.41) is 3.29. The van der Waals surface area contributed by atoms with Gasteiger partial charge in [0.2, 0.25) is 0 Å². The zero-order chi connectivity index (χ0) is 16.2. The highest BCUT2D eigenvalue weighted by atomic mass is 16.5. The van der Waals surface area contributed by atoms with Crippen LogP contribution in [0.3, 0.4) is 0 Å². The van der Waals surface area contributed by atoms with E-state index in [0.29, 0.717) is 23.3 Å². The molecule has 3 rings (SSSR count). The highest BCUT2D eigenvalue weighted by Gasteiger charge is 2.24. The van der Waals surface area contributed by atoms with Crippen molar-refractivity contribution >= 4 is 11.7 Å². The molecule has 2 aliphatic heterocycles. The number of rotatable bonds is 4. The lowest BCUT2D eigenvalue weighted by molar-refractivity contribution is 0.0676. The van der Waals surface area contributed by atoms with Gasteiger partial charge < -0.3 is 15.0 Å². The maximum Gasteiger partial charge on any atom is 0.272 e. The third kappa shape index (κ3) is 4.19. The van der Waals surface area contributed by atoms with Crippen LogP contribution in [0.15, 0.2) is 6.07 Å². The second-order valence-corrected chi connectivity index (χ2v) is 6.70. The number of nitrogens with one attached hydrogen (secondary N) is 1. The molecule has 0 saturated carbocycles. The number of hydrogen-bond acceptors (Lipinski definition) is 5. The van der Waals surface area contributed by atoms with Gasteiger partial charge in [0.25, 0.3) is 5.91 Å². The van der Waals surface area contributed by atoms with E-state index in [1.54, 1.807) is 6.07 Å². The number of hydrogen-bond donors (Lipinski definition) is 1. The third-order valence-corrected chi connectivity index (χ3v) is 4.54. The van der Waals surface area contributed by atoms with Crippen LogP contribution < -0.4 is 5.32 Å². The summed E-state index contributed by atoms with van der Waals surface area (Å²) < 4.78 is 5.61. The molecule has 6 nitrogen and oxygen atoms in total. The number of piperidine rings is 1. The van der Waals surface area contributed by atoms with E-state index in [9.17, 15) is 4.79 Å². The average Bonchev–Trinajstić information content (AvgIpc) is 3.05. The van der Waals surface area contributed by atoms with Gasteiger partial charge in [-0.3, -0.25) is 4.79 Å². The molecule has 3 heterocycles. The topological polar surface area (TPSA) is 67.4 Å². The lowest BCUT2D eigenvalue weighted by atomic mass is 10.00. The van der Waals surface area contributed by atoms with Crippen LogP contribution in [-0.2, 0) is 4.74 Å². The molecule has 1 aromatic heterocycles. The molecule has 1 amide bonds. The Balaban J connectivity index is 1.67. The molecule has 126 valence electrons. The molecular formula is C17H26N4O2. The van der Waals surface area contributed by atoms with Crippen molar-refractivity contribution in [2.24, 2.45) is 5.92 Å². The monoisotopic (exact) mass is 318 g/mol. The lowest BCUT2D eigenvalue weighted by Gasteiger charge is -2.30. The number of ether oxygens (including phenoxy) is 1. The van der Waals surface area contributed by atoms with E-state index in [0.717, 1.165) is 45.5 Å². The van der Waals surface area contributed by atoms with E-state index in [-0.39, 0.29) is 12.0 Å². The van der Waals surface area contributed by atoms with Crippen molar-refractivity contribution in [3.8, 4) is 0 Å². The normalized spacial score (nSPS) is 24.7. The van der Waals surface area contributed by atoms with Gasteiger partial charge >= 0.3 is 0 Å². The molecule has 2 aliphatic rings. The predicted molar refractivity (Wildman–Crippen MR) is 88.5 cm³/mol. The largest absolute Gasteiger partial charge is 0.376 e. The van der Waals surface area contributed by atoms with Crippen molar-refractivity contribution in [2.45, 2.75) is 45.6 Å². The van der Waals surface area contributed by atoms with Crippen LogP contribution in [0.4, 0.5) is 5.82 Å². The summed E-state index contributed by atoms with van der Waals surface area (Å²) in [4.78, 5) is 23.3. The number of amides is 1. The first-order valence-electron chi connectivity index (χ1n) is 8.62. The molecule has 0 bridgehead atoms. The highest BCUT2D eigenvalue weighted by molar-refractivity contribution is 5.93. The summed E-state index contributed by atoms with van der Waals surface area (Å²) in [7, 11) is 0. The van der Waals surface area contributed by atoms with Crippen molar-refractivity contribution in [2.75, 3.05) is 31.6 Å². The first-order chi connectivity index (χ1) is 11.1. The quantitative estimate of drug-likeness (QED) is 0.922. The van der Waals surface area contributed by atoms with Gasteiger partial charge in [-0.1, -0.05) is 6.92 Å². The number of aryl methyl sites for hydroxylation is 1. The van der Waals surface area contributed by atoms with Crippen molar-refractivity contribution < 1.29 is 9.53 Å². The maximum atomic E-state index is 12.7. The summed E-state index contributed by atoms with van der Waals surface area (Å²) in [5.41, 5.74) is 0.487. The fourth-order valence-electron chi connectivity index (χ4n) is 3.33. The van der Waals surface area contributed by atoms with Gasteiger partial charge in [-0.15, -0.1) is 0 Å². The van der Waals surface area contributed by atoms with E-state index in [4.69, 9.17) is 4.74 Å².